The zero-order chi connectivity index (χ0) is 19.6. The number of alkyl halides is 3. The largest absolute Gasteiger partial charge is 0.490 e. The molecule has 26 heavy (non-hydrogen) atoms. The van der Waals surface area contributed by atoms with E-state index in [0.717, 1.165) is 25.2 Å². The molecule has 11 heteroatoms. The van der Waals surface area contributed by atoms with Gasteiger partial charge >= 0.3 is 12.1 Å². The van der Waals surface area contributed by atoms with Crippen LogP contribution in [0.25, 0.3) is 0 Å². The fourth-order valence-corrected chi connectivity index (χ4v) is 3.47. The van der Waals surface area contributed by atoms with Crippen LogP contribution in [0.2, 0.25) is 0 Å². The number of hydrogen-bond donors (Lipinski definition) is 4. The van der Waals surface area contributed by atoms with E-state index in [9.17, 15) is 21.6 Å². The van der Waals surface area contributed by atoms with Crippen LogP contribution < -0.4 is 15.8 Å². The first-order valence-corrected chi connectivity index (χ1v) is 9.32. The van der Waals surface area contributed by atoms with Gasteiger partial charge in [-0.3, -0.25) is 0 Å². The molecule has 0 atom stereocenters. The first-order valence-electron chi connectivity index (χ1n) is 7.77. The summed E-state index contributed by atoms with van der Waals surface area (Å²) < 4.78 is 54.0. The van der Waals surface area contributed by atoms with Gasteiger partial charge in [0.25, 0.3) is 0 Å². The monoisotopic (exact) mass is 395 g/mol. The third kappa shape index (κ3) is 5.40. The number of aliphatic carboxylic acids is 1. The summed E-state index contributed by atoms with van der Waals surface area (Å²) in [5, 5.41) is 19.0. The van der Waals surface area contributed by atoms with E-state index in [4.69, 9.17) is 15.0 Å². The highest BCUT2D eigenvalue weighted by Gasteiger charge is 2.47. The minimum atomic E-state index is -5.08. The highest BCUT2D eigenvalue weighted by molar-refractivity contribution is 7.89. The van der Waals surface area contributed by atoms with Crippen LogP contribution in [0, 0.1) is 5.41 Å². The van der Waals surface area contributed by atoms with Gasteiger partial charge in [0, 0.05) is 25.7 Å². The molecule has 1 aliphatic carbocycles. The summed E-state index contributed by atoms with van der Waals surface area (Å²) in [4.78, 5) is 9.06. The van der Waals surface area contributed by atoms with E-state index >= 15 is 0 Å². The molecule has 0 radical (unpaired) electrons. The van der Waals surface area contributed by atoms with Crippen LogP contribution in [-0.2, 0) is 21.4 Å². The van der Waals surface area contributed by atoms with Gasteiger partial charge in [0.2, 0.25) is 10.0 Å². The number of carboxylic acids is 1. The molecule has 0 bridgehead atoms. The molecule has 1 aliphatic heterocycles. The van der Waals surface area contributed by atoms with Gasteiger partial charge in [-0.15, -0.1) is 0 Å². The average molecular weight is 395 g/mol. The molecular weight excluding hydrogens is 375 g/mol. The molecule has 1 heterocycles. The molecule has 0 aromatic heterocycles. The lowest BCUT2D eigenvalue weighted by Gasteiger charge is -2.54. The molecule has 1 aromatic rings. The Morgan fingerprint density at radius 1 is 1.27 bits per heavy atom. The van der Waals surface area contributed by atoms with Gasteiger partial charge in [-0.05, 0) is 36.0 Å². The number of primary sulfonamides is 1. The number of carboxylic acid groups (broad SMARTS) is 1. The maximum Gasteiger partial charge on any atom is 0.490 e. The van der Waals surface area contributed by atoms with Gasteiger partial charge in [-0.2, -0.15) is 13.2 Å². The molecule has 1 saturated heterocycles. The van der Waals surface area contributed by atoms with E-state index in [1.165, 1.54) is 12.8 Å². The highest BCUT2D eigenvalue weighted by atomic mass is 32.2. The maximum absolute atomic E-state index is 11.1. The van der Waals surface area contributed by atoms with E-state index in [-0.39, 0.29) is 4.90 Å². The molecule has 1 aromatic carbocycles. The van der Waals surface area contributed by atoms with E-state index in [1.807, 2.05) is 12.1 Å². The van der Waals surface area contributed by atoms with Crippen molar-refractivity contribution in [2.24, 2.45) is 10.6 Å². The first-order chi connectivity index (χ1) is 11.9. The molecule has 3 rings (SSSR count). The van der Waals surface area contributed by atoms with Crippen molar-refractivity contribution in [3.8, 4) is 0 Å². The summed E-state index contributed by atoms with van der Waals surface area (Å²) in [5.41, 5.74) is 1.66. The third-order valence-electron chi connectivity index (χ3n) is 4.45. The lowest BCUT2D eigenvalue weighted by atomic mass is 9.61. The molecular formula is C15H20F3N3O4S. The van der Waals surface area contributed by atoms with Gasteiger partial charge in [-0.25, -0.2) is 18.4 Å². The standard InChI is InChI=1S/C13H19N3O2S.C2HF3O2/c14-19(17,18)12-3-1-10(2-4-12)7-16-11-5-13(6-11)8-15-9-13;3-2(4,5)1(6)7/h1-4,11,15-16H,5-9H2,(H2,14,17,18);(H,6,7). The Morgan fingerprint density at radius 3 is 2.12 bits per heavy atom. The molecule has 2 aliphatic rings. The number of nitrogens with two attached hydrogens (primary N) is 1. The van der Waals surface area contributed by atoms with Gasteiger partial charge in [0.1, 0.15) is 0 Å². The van der Waals surface area contributed by atoms with Crippen molar-refractivity contribution in [3.63, 3.8) is 0 Å². The number of nitrogens with one attached hydrogen (secondary N) is 2. The molecule has 5 N–H and O–H groups in total. The molecule has 2 fully saturated rings. The van der Waals surface area contributed by atoms with Crippen LogP contribution in [0.5, 0.6) is 0 Å². The molecule has 0 unspecified atom stereocenters. The molecule has 7 nitrogen and oxygen atoms in total. The van der Waals surface area contributed by atoms with Crippen LogP contribution in [0.1, 0.15) is 18.4 Å². The minimum Gasteiger partial charge on any atom is -0.475 e. The van der Waals surface area contributed by atoms with Crippen LogP contribution in [0.15, 0.2) is 29.2 Å². The molecule has 146 valence electrons. The van der Waals surface area contributed by atoms with Gasteiger partial charge in [0.05, 0.1) is 4.90 Å². The van der Waals surface area contributed by atoms with E-state index in [0.29, 0.717) is 11.5 Å². The Hall–Kier alpha value is -1.69. The summed E-state index contributed by atoms with van der Waals surface area (Å²) in [6.07, 6.45) is -2.59. The third-order valence-corrected chi connectivity index (χ3v) is 5.38. The maximum atomic E-state index is 11.1. The minimum absolute atomic E-state index is 0.166. The predicted molar refractivity (Wildman–Crippen MR) is 86.7 cm³/mol. The first kappa shape index (κ1) is 20.6. The quantitative estimate of drug-likeness (QED) is 0.599. The normalized spacial score (nSPS) is 19.1. The fraction of sp³-hybridized carbons (Fsp3) is 0.533. The van der Waals surface area contributed by atoms with Crippen LogP contribution in [0.3, 0.4) is 0 Å². The lowest BCUT2D eigenvalue weighted by Crippen LogP contribution is -2.64. The zero-order valence-electron chi connectivity index (χ0n) is 13.7. The average Bonchev–Trinajstić information content (AvgIpc) is 2.43. The van der Waals surface area contributed by atoms with E-state index in [2.05, 4.69) is 10.6 Å². The van der Waals surface area contributed by atoms with Crippen LogP contribution in [-0.4, -0.2) is 44.8 Å². The zero-order valence-corrected chi connectivity index (χ0v) is 14.5. The van der Waals surface area contributed by atoms with Crippen molar-refractivity contribution < 1.29 is 31.5 Å². The van der Waals surface area contributed by atoms with Crippen molar-refractivity contribution in [2.75, 3.05) is 13.1 Å². The molecule has 0 amide bonds. The van der Waals surface area contributed by atoms with Crippen LogP contribution in [0.4, 0.5) is 13.2 Å². The van der Waals surface area contributed by atoms with Crippen molar-refractivity contribution in [2.45, 2.75) is 36.5 Å². The SMILES string of the molecule is NS(=O)(=O)c1ccc(CNC2CC3(CNC3)C2)cc1.O=C(O)C(F)(F)F. The van der Waals surface area contributed by atoms with Gasteiger partial charge < -0.3 is 15.7 Å². The summed E-state index contributed by atoms with van der Waals surface area (Å²) in [7, 11) is -3.58. The summed E-state index contributed by atoms with van der Waals surface area (Å²) in [6.45, 7) is 3.10. The van der Waals surface area contributed by atoms with Crippen LogP contribution >= 0.6 is 0 Å². The number of sulfonamides is 1. The Kier molecular flexibility index (Phi) is 5.95. The highest BCUT2D eigenvalue weighted by Crippen LogP contribution is 2.44. The Labute approximate surface area is 148 Å². The van der Waals surface area contributed by atoms with E-state index in [1.54, 1.807) is 12.1 Å². The van der Waals surface area contributed by atoms with Crippen molar-refractivity contribution in [3.05, 3.63) is 29.8 Å². The second-order valence-corrected chi connectivity index (χ2v) is 8.14. The molecule has 1 spiro atoms. The van der Waals surface area contributed by atoms with Gasteiger partial charge in [-0.1, -0.05) is 12.1 Å². The summed E-state index contributed by atoms with van der Waals surface area (Å²) in [6, 6.07) is 7.34. The smallest absolute Gasteiger partial charge is 0.475 e. The second kappa shape index (κ2) is 7.51. The Balaban J connectivity index is 0.000000298. The number of hydrogen-bond acceptors (Lipinski definition) is 5. The number of carbonyl (C=O) groups is 1. The summed E-state index contributed by atoms with van der Waals surface area (Å²) >= 11 is 0. The Bertz CT molecular complexity index is 738. The van der Waals surface area contributed by atoms with Crippen molar-refractivity contribution in [1.29, 1.82) is 0 Å². The topological polar surface area (TPSA) is 122 Å². The predicted octanol–water partition coefficient (Wildman–Crippen LogP) is 0.809. The van der Waals surface area contributed by atoms with E-state index < -0.39 is 22.2 Å². The number of halogens is 3. The molecule has 1 saturated carbocycles. The fourth-order valence-electron chi connectivity index (χ4n) is 2.96. The number of benzene rings is 1. The Morgan fingerprint density at radius 2 is 1.77 bits per heavy atom. The van der Waals surface area contributed by atoms with Crippen molar-refractivity contribution in [1.82, 2.24) is 10.6 Å². The van der Waals surface area contributed by atoms with Gasteiger partial charge in [0.15, 0.2) is 0 Å². The van der Waals surface area contributed by atoms with Crippen molar-refractivity contribution >= 4 is 16.0 Å². The summed E-state index contributed by atoms with van der Waals surface area (Å²) in [5.74, 6) is -2.76. The second-order valence-electron chi connectivity index (χ2n) is 6.58. The number of rotatable bonds is 4. The lowest BCUT2D eigenvalue weighted by molar-refractivity contribution is -0.192.